The van der Waals surface area contributed by atoms with E-state index in [9.17, 15) is 30.7 Å². The van der Waals surface area contributed by atoms with Crippen molar-refractivity contribution >= 4 is 0 Å². The zero-order valence-electron chi connectivity index (χ0n) is 22.8. The number of nitrogens with zero attached hydrogens (tertiary/aromatic N) is 1. The van der Waals surface area contributed by atoms with E-state index in [0.29, 0.717) is 30.6 Å². The van der Waals surface area contributed by atoms with Gasteiger partial charge in [-0.15, -0.1) is 0 Å². The monoisotopic (exact) mass is 565 g/mol. The van der Waals surface area contributed by atoms with Gasteiger partial charge in [0.15, 0.2) is 0 Å². The van der Waals surface area contributed by atoms with Gasteiger partial charge in [0.05, 0.1) is 11.1 Å². The average Bonchev–Trinajstić information content (AvgIpc) is 2.87. The van der Waals surface area contributed by atoms with E-state index in [1.165, 1.54) is 12.1 Å². The predicted octanol–water partition coefficient (Wildman–Crippen LogP) is 10.1. The van der Waals surface area contributed by atoms with Crippen molar-refractivity contribution in [2.24, 2.45) is 5.92 Å². The molecule has 40 heavy (non-hydrogen) atoms. The van der Waals surface area contributed by atoms with Crippen LogP contribution in [0.15, 0.2) is 60.7 Å². The van der Waals surface area contributed by atoms with Crippen molar-refractivity contribution < 1.29 is 30.7 Å². The Balaban J connectivity index is 1.63. The maximum atomic E-state index is 14.0. The Labute approximate surface area is 231 Å². The lowest BCUT2D eigenvalue weighted by atomic mass is 9.83. The van der Waals surface area contributed by atoms with E-state index in [1.54, 1.807) is 0 Å². The Morgan fingerprint density at radius 3 is 2.10 bits per heavy atom. The molecule has 8 heteroatoms. The molecule has 2 atom stereocenters. The third-order valence-electron chi connectivity index (χ3n) is 7.59. The second kappa shape index (κ2) is 11.9. The van der Waals surface area contributed by atoms with Crippen LogP contribution in [-0.4, -0.2) is 18.0 Å². The lowest BCUT2D eigenvalue weighted by molar-refractivity contribution is -0.138. The third kappa shape index (κ3) is 7.65. The number of rotatable bonds is 7. The first-order valence-electron chi connectivity index (χ1n) is 13.6. The van der Waals surface area contributed by atoms with E-state index >= 15 is 0 Å². The fraction of sp³-hybridized carbons (Fsp3) is 0.438. The van der Waals surface area contributed by atoms with Crippen LogP contribution in [0.2, 0.25) is 0 Å². The van der Waals surface area contributed by atoms with Crippen molar-refractivity contribution in [3.05, 3.63) is 94.3 Å². The van der Waals surface area contributed by atoms with Crippen LogP contribution in [0.5, 0.6) is 0 Å². The van der Waals surface area contributed by atoms with Gasteiger partial charge in [-0.2, -0.15) is 26.3 Å². The van der Waals surface area contributed by atoms with Gasteiger partial charge < -0.3 is 0 Å². The Bertz CT molecular complexity index is 1290. The van der Waals surface area contributed by atoms with Crippen LogP contribution < -0.4 is 0 Å². The second-order valence-corrected chi connectivity index (χ2v) is 11.4. The van der Waals surface area contributed by atoms with Crippen molar-refractivity contribution in [3.63, 3.8) is 0 Å². The Morgan fingerprint density at radius 2 is 1.48 bits per heavy atom. The van der Waals surface area contributed by atoms with E-state index in [4.69, 9.17) is 0 Å². The molecule has 4 rings (SSSR count). The summed E-state index contributed by atoms with van der Waals surface area (Å²) in [7, 11) is 0. The molecular formula is C32H34F7N. The number of halogens is 7. The molecule has 216 valence electrons. The summed E-state index contributed by atoms with van der Waals surface area (Å²) in [5.74, 6) is -0.123. The van der Waals surface area contributed by atoms with Crippen molar-refractivity contribution in [1.82, 2.24) is 4.90 Å². The Morgan fingerprint density at radius 1 is 0.800 bits per heavy atom. The van der Waals surface area contributed by atoms with Gasteiger partial charge in [0.2, 0.25) is 0 Å². The summed E-state index contributed by atoms with van der Waals surface area (Å²) in [5, 5.41) is 0. The molecule has 0 radical (unpaired) electrons. The molecule has 0 aromatic heterocycles. The highest BCUT2D eigenvalue weighted by atomic mass is 19.4. The summed E-state index contributed by atoms with van der Waals surface area (Å²) >= 11 is 0. The van der Waals surface area contributed by atoms with E-state index in [1.807, 2.05) is 17.0 Å². The molecule has 0 amide bonds. The Hall–Kier alpha value is -2.87. The van der Waals surface area contributed by atoms with Crippen molar-refractivity contribution in [2.75, 3.05) is 13.1 Å². The summed E-state index contributed by atoms with van der Waals surface area (Å²) in [4.78, 5) is 2.05. The van der Waals surface area contributed by atoms with Gasteiger partial charge in [0.25, 0.3) is 0 Å². The number of benzene rings is 3. The molecule has 3 aromatic carbocycles. The average molecular weight is 566 g/mol. The largest absolute Gasteiger partial charge is 0.416 e. The number of alkyl halides is 6. The van der Waals surface area contributed by atoms with E-state index in [0.717, 1.165) is 60.2 Å². The van der Waals surface area contributed by atoms with E-state index in [-0.39, 0.29) is 23.9 Å². The fourth-order valence-electron chi connectivity index (χ4n) is 5.69. The molecule has 1 aliphatic rings. The molecule has 0 N–H and O–H groups in total. The maximum absolute atomic E-state index is 14.0. The van der Waals surface area contributed by atoms with E-state index in [2.05, 4.69) is 26.8 Å². The third-order valence-corrected chi connectivity index (χ3v) is 7.59. The minimum absolute atomic E-state index is 0.0868. The van der Waals surface area contributed by atoms with Crippen LogP contribution in [0, 0.1) is 11.7 Å². The van der Waals surface area contributed by atoms with Crippen LogP contribution in [0.3, 0.4) is 0 Å². The normalized spacial score (nSPS) is 17.8. The smallest absolute Gasteiger partial charge is 0.298 e. The lowest BCUT2D eigenvalue weighted by Gasteiger charge is -2.34. The summed E-state index contributed by atoms with van der Waals surface area (Å²) < 4.78 is 93.0. The number of piperidine rings is 1. The first kappa shape index (κ1) is 30.1. The van der Waals surface area contributed by atoms with E-state index < -0.39 is 29.3 Å². The molecule has 1 aliphatic heterocycles. The molecule has 1 heterocycles. The summed E-state index contributed by atoms with van der Waals surface area (Å²) in [5.41, 5.74) is 2.28. The standard InChI is InChI=1S/C32H34F7N/c1-20(2)11-21(3)25-14-26(23-6-8-28(9-7-23)31(34,35)36)16-27(15-25)24-5-4-10-40(19-24)18-22-12-29(32(37,38)39)17-30(33)13-22/h6-9,12-17,20-21,24H,4-5,10-11,18-19H2,1-3H3. The number of hydrogen-bond acceptors (Lipinski definition) is 1. The molecule has 1 saturated heterocycles. The highest BCUT2D eigenvalue weighted by Crippen LogP contribution is 2.37. The summed E-state index contributed by atoms with van der Waals surface area (Å²) in [6.07, 6.45) is -6.38. The molecule has 3 aromatic rings. The van der Waals surface area contributed by atoms with Gasteiger partial charge >= 0.3 is 12.4 Å². The fourth-order valence-corrected chi connectivity index (χ4v) is 5.69. The molecule has 1 nitrogen and oxygen atoms in total. The lowest BCUT2D eigenvalue weighted by Crippen LogP contribution is -2.34. The van der Waals surface area contributed by atoms with Crippen molar-refractivity contribution in [2.45, 2.75) is 70.8 Å². The van der Waals surface area contributed by atoms with Gasteiger partial charge in [-0.1, -0.05) is 51.1 Å². The minimum Gasteiger partial charge on any atom is -0.298 e. The quantitative estimate of drug-likeness (QED) is 0.258. The van der Waals surface area contributed by atoms with Crippen LogP contribution in [-0.2, 0) is 18.9 Å². The van der Waals surface area contributed by atoms with Crippen LogP contribution in [0.4, 0.5) is 30.7 Å². The highest BCUT2D eigenvalue weighted by molar-refractivity contribution is 5.66. The van der Waals surface area contributed by atoms with Crippen molar-refractivity contribution in [1.29, 1.82) is 0 Å². The first-order chi connectivity index (χ1) is 18.7. The summed E-state index contributed by atoms with van der Waals surface area (Å²) in [6.45, 7) is 7.91. The van der Waals surface area contributed by atoms with Gasteiger partial charge in [-0.05, 0) is 102 Å². The predicted molar refractivity (Wildman–Crippen MR) is 143 cm³/mol. The molecular weight excluding hydrogens is 531 g/mol. The minimum atomic E-state index is -4.62. The van der Waals surface area contributed by atoms with Gasteiger partial charge in [0, 0.05) is 13.1 Å². The highest BCUT2D eigenvalue weighted by Gasteiger charge is 2.32. The summed E-state index contributed by atoms with van der Waals surface area (Å²) in [6, 6.07) is 14.1. The molecule has 1 fully saturated rings. The number of hydrogen-bond donors (Lipinski definition) is 0. The molecule has 0 aliphatic carbocycles. The van der Waals surface area contributed by atoms with Gasteiger partial charge in [-0.25, -0.2) is 4.39 Å². The zero-order chi connectivity index (χ0) is 29.2. The van der Waals surface area contributed by atoms with Crippen LogP contribution in [0.1, 0.15) is 79.7 Å². The molecule has 0 bridgehead atoms. The van der Waals surface area contributed by atoms with Crippen LogP contribution in [0.25, 0.3) is 11.1 Å². The first-order valence-corrected chi connectivity index (χ1v) is 13.6. The Kier molecular flexibility index (Phi) is 8.98. The molecule has 0 saturated carbocycles. The van der Waals surface area contributed by atoms with Gasteiger partial charge in [0.1, 0.15) is 5.82 Å². The molecule has 0 spiro atoms. The second-order valence-electron chi connectivity index (χ2n) is 11.4. The van der Waals surface area contributed by atoms with Crippen molar-refractivity contribution in [3.8, 4) is 11.1 Å². The topological polar surface area (TPSA) is 3.24 Å². The maximum Gasteiger partial charge on any atom is 0.416 e. The number of likely N-dealkylation sites (tertiary alicyclic amines) is 1. The zero-order valence-corrected chi connectivity index (χ0v) is 22.8. The van der Waals surface area contributed by atoms with Crippen LogP contribution >= 0.6 is 0 Å². The SMILES string of the molecule is CC(C)CC(C)c1cc(-c2ccc(C(F)(F)F)cc2)cc(C2CCCN(Cc3cc(F)cc(C(F)(F)F)c3)C2)c1. The molecule has 2 unspecified atom stereocenters. The van der Waals surface area contributed by atoms with Gasteiger partial charge in [-0.3, -0.25) is 4.90 Å².